The number of nitrogens with zero attached hydrogens (tertiary/aromatic N) is 1. The number of benzene rings is 2. The Morgan fingerprint density at radius 3 is 2.17 bits per heavy atom. The Morgan fingerprint density at radius 2 is 1.63 bits per heavy atom. The number of Topliss-reactive ketones (excluding diaryl/α,β-unsaturated/α-hetero) is 2. The van der Waals surface area contributed by atoms with Crippen LogP contribution in [-0.4, -0.2) is 22.5 Å². The van der Waals surface area contributed by atoms with Crippen LogP contribution in [0.5, 0.6) is 0 Å². The predicted molar refractivity (Wildman–Crippen MR) is 109 cm³/mol. The van der Waals surface area contributed by atoms with Crippen LogP contribution >= 0.6 is 11.6 Å². The summed E-state index contributed by atoms with van der Waals surface area (Å²) in [4.78, 5) is 49.2. The molecule has 1 aliphatic rings. The molecule has 2 aromatic rings. The Labute approximate surface area is 178 Å². The first-order valence-electron chi connectivity index (χ1n) is 9.26. The van der Waals surface area contributed by atoms with Gasteiger partial charge in [0.15, 0.2) is 11.6 Å². The van der Waals surface area contributed by atoms with Crippen LogP contribution in [0.1, 0.15) is 49.2 Å². The number of non-ortho nitro benzene ring substituents is 1. The normalized spacial score (nSPS) is 23.0. The number of nitro groups is 1. The number of nitro benzene ring substituents is 1. The molecular formula is C22H20ClNO6. The van der Waals surface area contributed by atoms with E-state index in [1.54, 1.807) is 38.1 Å². The van der Waals surface area contributed by atoms with Crippen LogP contribution in [0.4, 0.5) is 5.69 Å². The van der Waals surface area contributed by atoms with Crippen LogP contribution in [0, 0.1) is 20.9 Å². The average Bonchev–Trinajstić information content (AvgIpc) is 2.70. The monoisotopic (exact) mass is 429 g/mol. The van der Waals surface area contributed by atoms with Gasteiger partial charge in [-0.15, -0.1) is 0 Å². The van der Waals surface area contributed by atoms with Crippen LogP contribution in [-0.2, 0) is 14.3 Å². The van der Waals surface area contributed by atoms with Crippen LogP contribution < -0.4 is 0 Å². The second-order valence-corrected chi connectivity index (χ2v) is 8.56. The Bertz CT molecular complexity index is 1030. The lowest BCUT2D eigenvalue weighted by molar-refractivity contribution is -0.384. The average molecular weight is 430 g/mol. The summed E-state index contributed by atoms with van der Waals surface area (Å²) >= 11 is 5.92. The van der Waals surface area contributed by atoms with Crippen molar-refractivity contribution in [1.29, 1.82) is 0 Å². The summed E-state index contributed by atoms with van der Waals surface area (Å²) in [5, 5.41) is 11.3. The molecule has 8 heteroatoms. The summed E-state index contributed by atoms with van der Waals surface area (Å²) in [6.45, 7) is 4.76. The number of hydrogen-bond acceptors (Lipinski definition) is 6. The van der Waals surface area contributed by atoms with Crippen molar-refractivity contribution in [2.45, 2.75) is 33.3 Å². The van der Waals surface area contributed by atoms with Crippen molar-refractivity contribution in [1.82, 2.24) is 0 Å². The van der Waals surface area contributed by atoms with Gasteiger partial charge in [0.1, 0.15) is 11.5 Å². The van der Waals surface area contributed by atoms with Crippen LogP contribution in [0.15, 0.2) is 48.5 Å². The van der Waals surface area contributed by atoms with Gasteiger partial charge in [0.05, 0.1) is 10.3 Å². The lowest BCUT2D eigenvalue weighted by atomic mass is 9.64. The number of carbonyl (C=O) groups is 3. The number of hydrogen-bond donors (Lipinski definition) is 0. The molecule has 2 aromatic carbocycles. The van der Waals surface area contributed by atoms with Gasteiger partial charge in [-0.2, -0.15) is 0 Å². The lowest BCUT2D eigenvalue weighted by Crippen LogP contribution is -2.54. The highest BCUT2D eigenvalue weighted by molar-refractivity contribution is 6.30. The van der Waals surface area contributed by atoms with Gasteiger partial charge in [-0.1, -0.05) is 23.7 Å². The molecule has 3 rings (SSSR count). The summed E-state index contributed by atoms with van der Waals surface area (Å²) in [5.74, 6) is -1.65. The van der Waals surface area contributed by atoms with Crippen LogP contribution in [0.25, 0.3) is 0 Å². The molecule has 0 spiro atoms. The molecule has 1 aliphatic heterocycles. The molecule has 0 N–H and O–H groups in total. The van der Waals surface area contributed by atoms with Crippen molar-refractivity contribution in [3.8, 4) is 0 Å². The summed E-state index contributed by atoms with van der Waals surface area (Å²) in [6.07, 6.45) is -1.20. The fourth-order valence-corrected chi connectivity index (χ4v) is 3.90. The zero-order chi connectivity index (χ0) is 22.3. The van der Waals surface area contributed by atoms with E-state index >= 15 is 0 Å². The molecule has 1 saturated heterocycles. The van der Waals surface area contributed by atoms with E-state index in [4.69, 9.17) is 16.3 Å². The first kappa shape index (κ1) is 21.6. The number of carbonyl (C=O) groups excluding carboxylic acids is 3. The topological polar surface area (TPSA) is 104 Å². The maximum absolute atomic E-state index is 13.4. The van der Waals surface area contributed by atoms with Crippen LogP contribution in [0.2, 0.25) is 5.02 Å². The fraction of sp³-hybridized carbons (Fsp3) is 0.318. The minimum Gasteiger partial charge on any atom is -0.456 e. The number of ketones is 2. The largest absolute Gasteiger partial charge is 0.456 e. The van der Waals surface area contributed by atoms with E-state index in [-0.39, 0.29) is 17.7 Å². The molecule has 0 radical (unpaired) electrons. The molecule has 1 fully saturated rings. The summed E-state index contributed by atoms with van der Waals surface area (Å²) in [5.41, 5.74) is -2.08. The van der Waals surface area contributed by atoms with E-state index in [0.29, 0.717) is 10.6 Å². The van der Waals surface area contributed by atoms with E-state index in [9.17, 15) is 24.5 Å². The molecule has 0 aliphatic carbocycles. The highest BCUT2D eigenvalue weighted by Crippen LogP contribution is 2.49. The van der Waals surface area contributed by atoms with Crippen molar-refractivity contribution in [3.63, 3.8) is 0 Å². The standard InChI is InChI=1S/C22H20ClNO6/c1-21(2)18(14-4-8-15(23)9-5-14)30-20(27)22(3,19(21)26)12-17(25)13-6-10-16(11-7-13)24(28)29/h4-11,18H,12H2,1-3H3/t18-,22-/m1/s1. The number of ether oxygens (including phenoxy) is 1. The Balaban J connectivity index is 1.87. The third-order valence-electron chi connectivity index (χ3n) is 5.50. The van der Waals surface area contributed by atoms with E-state index in [1.807, 2.05) is 0 Å². The minimum atomic E-state index is -1.66. The van der Waals surface area contributed by atoms with Crippen molar-refractivity contribution < 1.29 is 24.0 Å². The van der Waals surface area contributed by atoms with Gasteiger partial charge in [-0.3, -0.25) is 24.5 Å². The third-order valence-corrected chi connectivity index (χ3v) is 5.76. The lowest BCUT2D eigenvalue weighted by Gasteiger charge is -2.44. The molecule has 0 unspecified atom stereocenters. The van der Waals surface area contributed by atoms with Gasteiger partial charge in [0.25, 0.3) is 5.69 Å². The van der Waals surface area contributed by atoms with E-state index in [2.05, 4.69) is 0 Å². The zero-order valence-corrected chi connectivity index (χ0v) is 17.4. The van der Waals surface area contributed by atoms with Gasteiger partial charge >= 0.3 is 5.97 Å². The highest BCUT2D eigenvalue weighted by Gasteiger charge is 2.58. The molecule has 7 nitrogen and oxygen atoms in total. The number of cyclic esters (lactones) is 1. The third kappa shape index (κ3) is 3.73. The predicted octanol–water partition coefficient (Wildman–Crippen LogP) is 4.72. The maximum atomic E-state index is 13.4. The smallest absolute Gasteiger partial charge is 0.320 e. The highest BCUT2D eigenvalue weighted by atomic mass is 35.5. The molecule has 1 heterocycles. The van der Waals surface area contributed by atoms with E-state index in [0.717, 1.165) is 0 Å². The molecule has 30 heavy (non-hydrogen) atoms. The molecule has 0 aromatic heterocycles. The molecule has 0 bridgehead atoms. The molecule has 156 valence electrons. The van der Waals surface area contributed by atoms with Crippen molar-refractivity contribution >= 4 is 34.8 Å². The van der Waals surface area contributed by atoms with Gasteiger partial charge < -0.3 is 4.74 Å². The van der Waals surface area contributed by atoms with Crippen molar-refractivity contribution in [2.75, 3.05) is 0 Å². The molecular weight excluding hydrogens is 410 g/mol. The molecule has 0 saturated carbocycles. The zero-order valence-electron chi connectivity index (χ0n) is 16.7. The molecule has 0 amide bonds. The Hall–Kier alpha value is -3.06. The summed E-state index contributed by atoms with van der Waals surface area (Å²) in [7, 11) is 0. The Morgan fingerprint density at radius 1 is 1.07 bits per heavy atom. The van der Waals surface area contributed by atoms with Gasteiger partial charge in [0.2, 0.25) is 0 Å². The first-order valence-corrected chi connectivity index (χ1v) is 9.64. The Kier molecular flexibility index (Phi) is 5.52. The number of halogens is 1. The quantitative estimate of drug-likeness (QED) is 0.224. The van der Waals surface area contributed by atoms with Crippen LogP contribution in [0.3, 0.4) is 0 Å². The number of rotatable bonds is 5. The fourth-order valence-electron chi connectivity index (χ4n) is 3.77. The second kappa shape index (κ2) is 7.65. The second-order valence-electron chi connectivity index (χ2n) is 8.12. The minimum absolute atomic E-state index is 0.155. The summed E-state index contributed by atoms with van der Waals surface area (Å²) in [6, 6.07) is 11.7. The summed E-state index contributed by atoms with van der Waals surface area (Å²) < 4.78 is 5.66. The molecule has 2 atom stereocenters. The van der Waals surface area contributed by atoms with E-state index in [1.165, 1.54) is 31.2 Å². The van der Waals surface area contributed by atoms with Gasteiger partial charge in [0, 0.05) is 29.1 Å². The van der Waals surface area contributed by atoms with E-state index < -0.39 is 39.4 Å². The maximum Gasteiger partial charge on any atom is 0.320 e. The van der Waals surface area contributed by atoms with Gasteiger partial charge in [-0.25, -0.2) is 0 Å². The number of esters is 1. The van der Waals surface area contributed by atoms with Crippen molar-refractivity contribution in [3.05, 3.63) is 74.8 Å². The van der Waals surface area contributed by atoms with Crippen molar-refractivity contribution in [2.24, 2.45) is 10.8 Å². The first-order chi connectivity index (χ1) is 14.0. The SMILES string of the molecule is CC1(C)C(=O)[C@@](C)(CC(=O)c2ccc([N+](=O)[O-])cc2)C(=O)O[C@@H]1c1ccc(Cl)cc1. The van der Waals surface area contributed by atoms with Gasteiger partial charge in [-0.05, 0) is 50.6 Å².